The molecule has 2 fully saturated rings. The van der Waals surface area contributed by atoms with Crippen molar-refractivity contribution in [1.29, 1.82) is 0 Å². The van der Waals surface area contributed by atoms with Gasteiger partial charge in [-0.05, 0) is 58.2 Å². The minimum absolute atomic E-state index is 0.0250. The smallest absolute Gasteiger partial charge is 0.250 e. The summed E-state index contributed by atoms with van der Waals surface area (Å²) in [4.78, 5) is 30.2. The summed E-state index contributed by atoms with van der Waals surface area (Å²) in [5.41, 5.74) is 1.21. The van der Waals surface area contributed by atoms with Crippen LogP contribution in [-0.2, 0) is 9.59 Å². The molecule has 3 heterocycles. The van der Waals surface area contributed by atoms with Crippen LogP contribution in [0.15, 0.2) is 24.3 Å². The third-order valence-electron chi connectivity index (χ3n) is 6.44. The number of para-hydroxylation sites is 2. The van der Waals surface area contributed by atoms with Crippen LogP contribution in [0.25, 0.3) is 0 Å². The molecular weight excluding hydrogens is 340 g/mol. The van der Waals surface area contributed by atoms with E-state index in [-0.39, 0.29) is 17.7 Å². The van der Waals surface area contributed by atoms with Gasteiger partial charge < -0.3 is 20.4 Å². The van der Waals surface area contributed by atoms with Gasteiger partial charge in [0, 0.05) is 25.7 Å². The van der Waals surface area contributed by atoms with Gasteiger partial charge in [-0.1, -0.05) is 12.1 Å². The van der Waals surface area contributed by atoms with Gasteiger partial charge in [0.1, 0.15) is 5.54 Å². The number of likely N-dealkylation sites (tertiary alicyclic amines) is 2. The van der Waals surface area contributed by atoms with E-state index < -0.39 is 5.54 Å². The maximum atomic E-state index is 13.1. The van der Waals surface area contributed by atoms with Crippen molar-refractivity contribution in [2.24, 2.45) is 5.92 Å². The predicted octanol–water partition coefficient (Wildman–Crippen LogP) is 2.53. The Labute approximate surface area is 161 Å². The van der Waals surface area contributed by atoms with Crippen molar-refractivity contribution in [3.63, 3.8) is 0 Å². The molecule has 1 aromatic rings. The number of anilines is 2. The minimum Gasteiger partial charge on any atom is -0.369 e. The SMILES string of the molecule is CC(C)N1CCC[C@@H](C(=O)N2CCC3(CC2)Nc2ccccc2NC3=O)C1. The molecule has 3 aliphatic heterocycles. The summed E-state index contributed by atoms with van der Waals surface area (Å²) in [7, 11) is 0. The lowest BCUT2D eigenvalue weighted by Crippen LogP contribution is -2.60. The summed E-state index contributed by atoms with van der Waals surface area (Å²) in [6.07, 6.45) is 3.38. The van der Waals surface area contributed by atoms with Gasteiger partial charge in [0.05, 0.1) is 17.3 Å². The van der Waals surface area contributed by atoms with Crippen LogP contribution < -0.4 is 10.6 Å². The van der Waals surface area contributed by atoms with E-state index in [1.807, 2.05) is 29.2 Å². The van der Waals surface area contributed by atoms with Gasteiger partial charge in [-0.2, -0.15) is 0 Å². The molecule has 1 aromatic carbocycles. The number of piperidine rings is 2. The van der Waals surface area contributed by atoms with E-state index in [4.69, 9.17) is 0 Å². The Balaban J connectivity index is 1.40. The molecule has 3 aliphatic rings. The van der Waals surface area contributed by atoms with Gasteiger partial charge >= 0.3 is 0 Å². The monoisotopic (exact) mass is 370 g/mol. The molecule has 4 rings (SSSR count). The molecule has 27 heavy (non-hydrogen) atoms. The lowest BCUT2D eigenvalue weighted by Gasteiger charge is -2.45. The number of amides is 2. The Hall–Kier alpha value is -2.08. The van der Waals surface area contributed by atoms with E-state index in [2.05, 4.69) is 29.4 Å². The van der Waals surface area contributed by atoms with Gasteiger partial charge in [0.25, 0.3) is 0 Å². The second-order valence-corrected chi connectivity index (χ2v) is 8.46. The Morgan fingerprint density at radius 2 is 1.85 bits per heavy atom. The first kappa shape index (κ1) is 18.3. The fraction of sp³-hybridized carbons (Fsp3) is 0.619. The number of carbonyl (C=O) groups excluding carboxylic acids is 2. The van der Waals surface area contributed by atoms with Crippen molar-refractivity contribution in [2.45, 2.75) is 51.1 Å². The largest absolute Gasteiger partial charge is 0.369 e. The van der Waals surface area contributed by atoms with Crippen molar-refractivity contribution < 1.29 is 9.59 Å². The highest BCUT2D eigenvalue weighted by Crippen LogP contribution is 2.36. The number of benzene rings is 1. The first-order valence-electron chi connectivity index (χ1n) is 10.2. The van der Waals surface area contributed by atoms with Crippen LogP contribution in [0.3, 0.4) is 0 Å². The van der Waals surface area contributed by atoms with Gasteiger partial charge in [0.15, 0.2) is 0 Å². The van der Waals surface area contributed by atoms with Crippen LogP contribution >= 0.6 is 0 Å². The molecule has 6 heteroatoms. The Bertz CT molecular complexity index is 725. The fourth-order valence-corrected chi connectivity index (χ4v) is 4.65. The maximum absolute atomic E-state index is 13.1. The van der Waals surface area contributed by atoms with Crippen molar-refractivity contribution in [2.75, 3.05) is 36.8 Å². The second-order valence-electron chi connectivity index (χ2n) is 8.46. The number of nitrogens with zero attached hydrogens (tertiary/aromatic N) is 2. The zero-order valence-corrected chi connectivity index (χ0v) is 16.3. The van der Waals surface area contributed by atoms with Crippen molar-refractivity contribution >= 4 is 23.2 Å². The first-order valence-corrected chi connectivity index (χ1v) is 10.2. The first-order chi connectivity index (χ1) is 13.0. The molecule has 0 aliphatic carbocycles. The molecule has 6 nitrogen and oxygen atoms in total. The molecule has 2 N–H and O–H groups in total. The third kappa shape index (κ3) is 3.43. The van der Waals surface area contributed by atoms with E-state index in [9.17, 15) is 9.59 Å². The average molecular weight is 370 g/mol. The summed E-state index contributed by atoms with van der Waals surface area (Å²) in [5, 5.41) is 6.50. The lowest BCUT2D eigenvalue weighted by molar-refractivity contribution is -0.140. The van der Waals surface area contributed by atoms with Gasteiger partial charge in [-0.25, -0.2) is 0 Å². The van der Waals surface area contributed by atoms with E-state index in [0.717, 1.165) is 37.3 Å². The van der Waals surface area contributed by atoms with E-state index >= 15 is 0 Å². The number of nitrogens with one attached hydrogen (secondary N) is 2. The van der Waals surface area contributed by atoms with Crippen molar-refractivity contribution in [1.82, 2.24) is 9.80 Å². The zero-order chi connectivity index (χ0) is 19.0. The highest BCUT2D eigenvalue weighted by Gasteiger charge is 2.45. The van der Waals surface area contributed by atoms with E-state index in [1.54, 1.807) is 0 Å². The second kappa shape index (κ2) is 7.15. The molecule has 0 saturated carbocycles. The third-order valence-corrected chi connectivity index (χ3v) is 6.44. The molecule has 2 amide bonds. The molecule has 0 aromatic heterocycles. The highest BCUT2D eigenvalue weighted by atomic mass is 16.2. The number of rotatable bonds is 2. The predicted molar refractivity (Wildman–Crippen MR) is 107 cm³/mol. The lowest BCUT2D eigenvalue weighted by atomic mass is 9.83. The van der Waals surface area contributed by atoms with Crippen LogP contribution in [0.2, 0.25) is 0 Å². The number of fused-ring (bicyclic) bond motifs is 1. The van der Waals surface area contributed by atoms with Crippen molar-refractivity contribution in [3.05, 3.63) is 24.3 Å². The highest BCUT2D eigenvalue weighted by molar-refractivity contribution is 6.06. The normalized spacial score (nSPS) is 25.1. The Morgan fingerprint density at radius 3 is 2.56 bits per heavy atom. The molecule has 0 radical (unpaired) electrons. The molecule has 0 unspecified atom stereocenters. The average Bonchev–Trinajstić information content (AvgIpc) is 2.69. The minimum atomic E-state index is -0.596. The summed E-state index contributed by atoms with van der Waals surface area (Å²) >= 11 is 0. The topological polar surface area (TPSA) is 64.7 Å². The molecular formula is C21H30N4O2. The quantitative estimate of drug-likeness (QED) is 0.840. The van der Waals surface area contributed by atoms with Gasteiger partial charge in [-0.3, -0.25) is 9.59 Å². The fourth-order valence-electron chi connectivity index (χ4n) is 4.65. The standard InChI is InChI=1S/C21H30N4O2/c1-15(2)25-11-5-6-16(14-25)19(26)24-12-9-21(10-13-24)20(27)22-17-7-3-4-8-18(17)23-21/h3-4,7-8,15-16,23H,5-6,9-14H2,1-2H3,(H,22,27)/t16-/m1/s1. The van der Waals surface area contributed by atoms with Crippen LogP contribution in [-0.4, -0.2) is 59.4 Å². The van der Waals surface area contributed by atoms with Crippen molar-refractivity contribution in [3.8, 4) is 0 Å². The summed E-state index contributed by atoms with van der Waals surface area (Å²) in [6, 6.07) is 8.29. The molecule has 1 spiro atoms. The summed E-state index contributed by atoms with van der Waals surface area (Å²) in [6.45, 7) is 7.63. The summed E-state index contributed by atoms with van der Waals surface area (Å²) < 4.78 is 0. The van der Waals surface area contributed by atoms with E-state index in [1.165, 1.54) is 0 Å². The molecule has 2 saturated heterocycles. The van der Waals surface area contributed by atoms with Gasteiger partial charge in [-0.15, -0.1) is 0 Å². The zero-order valence-electron chi connectivity index (χ0n) is 16.3. The maximum Gasteiger partial charge on any atom is 0.250 e. The Kier molecular flexibility index (Phi) is 4.84. The Morgan fingerprint density at radius 1 is 1.15 bits per heavy atom. The number of hydrogen-bond donors (Lipinski definition) is 2. The van der Waals surface area contributed by atoms with Crippen LogP contribution in [0, 0.1) is 5.92 Å². The summed E-state index contributed by atoms with van der Waals surface area (Å²) in [5.74, 6) is 0.396. The molecule has 0 bridgehead atoms. The number of hydrogen-bond acceptors (Lipinski definition) is 4. The van der Waals surface area contributed by atoms with Crippen LogP contribution in [0.4, 0.5) is 11.4 Å². The molecule has 1 atom stereocenters. The van der Waals surface area contributed by atoms with Crippen LogP contribution in [0.5, 0.6) is 0 Å². The van der Waals surface area contributed by atoms with Gasteiger partial charge in [0.2, 0.25) is 11.8 Å². The molecule has 146 valence electrons. The van der Waals surface area contributed by atoms with Crippen LogP contribution in [0.1, 0.15) is 39.5 Å². The number of carbonyl (C=O) groups is 2. The van der Waals surface area contributed by atoms with E-state index in [0.29, 0.717) is 32.0 Å².